The third-order valence-electron chi connectivity index (χ3n) is 14.2. The van der Waals surface area contributed by atoms with Crippen LogP contribution >= 0.6 is 34.5 Å². The van der Waals surface area contributed by atoms with Gasteiger partial charge < -0.3 is 43.2 Å². The van der Waals surface area contributed by atoms with Gasteiger partial charge in [0.1, 0.15) is 53.1 Å². The monoisotopic (exact) mass is 1060 g/mol. The molecule has 2 saturated heterocycles. The summed E-state index contributed by atoms with van der Waals surface area (Å²) in [5.74, 6) is 0.670. The summed E-state index contributed by atoms with van der Waals surface area (Å²) in [4.78, 5) is 38.2. The molecule has 1 saturated carbocycles. The molecule has 3 atom stereocenters. The number of fused-ring (bicyclic) bond motifs is 8. The average Bonchev–Trinajstić information content (AvgIpc) is 3.79. The van der Waals surface area contributed by atoms with E-state index >= 15 is 0 Å². The first kappa shape index (κ1) is 51.3. The van der Waals surface area contributed by atoms with Crippen molar-refractivity contribution in [2.75, 3.05) is 72.8 Å². The molecule has 3 aromatic heterocycles. The van der Waals surface area contributed by atoms with E-state index in [4.69, 9.17) is 61.3 Å². The predicted octanol–water partition coefficient (Wildman–Crippen LogP) is 9.77. The smallest absolute Gasteiger partial charge is 0.345 e. The molecule has 386 valence electrons. The lowest BCUT2D eigenvalue weighted by atomic mass is 9.86. The van der Waals surface area contributed by atoms with E-state index in [1.165, 1.54) is 29.8 Å². The van der Waals surface area contributed by atoms with Gasteiger partial charge in [-0.3, -0.25) is 4.90 Å². The quantitative estimate of drug-likeness (QED) is 0.131. The van der Waals surface area contributed by atoms with Gasteiger partial charge in [-0.2, -0.15) is 0 Å². The molecule has 0 spiro atoms. The highest BCUT2D eigenvalue weighted by Crippen LogP contribution is 2.53. The van der Waals surface area contributed by atoms with Gasteiger partial charge in [-0.25, -0.2) is 29.1 Å². The number of thiophene rings is 1. The maximum Gasteiger partial charge on any atom is 0.345 e. The Morgan fingerprint density at radius 3 is 2.41 bits per heavy atom. The summed E-state index contributed by atoms with van der Waals surface area (Å²) in [7, 11) is 2.12. The fourth-order valence-corrected chi connectivity index (χ4v) is 11.8. The Morgan fingerprint density at radius 1 is 0.890 bits per heavy atom. The van der Waals surface area contributed by atoms with Crippen LogP contribution in [-0.4, -0.2) is 138 Å². The first-order chi connectivity index (χ1) is 35.4. The van der Waals surface area contributed by atoms with Crippen LogP contribution in [-0.2, 0) is 32.0 Å². The Morgan fingerprint density at radius 2 is 1.67 bits per heavy atom. The van der Waals surface area contributed by atoms with E-state index in [2.05, 4.69) is 31.8 Å². The number of aromatic nitrogens is 4. The lowest BCUT2D eigenvalue weighted by Gasteiger charge is -2.35. The molecule has 0 amide bonds. The van der Waals surface area contributed by atoms with E-state index in [1.54, 1.807) is 30.5 Å². The molecule has 3 aromatic carbocycles. The lowest BCUT2D eigenvalue weighted by Crippen LogP contribution is -2.48. The lowest BCUT2D eigenvalue weighted by molar-refractivity contribution is -0.145. The molecule has 11 rings (SSSR count). The summed E-state index contributed by atoms with van der Waals surface area (Å²) in [5, 5.41) is 12.1. The summed E-state index contributed by atoms with van der Waals surface area (Å²) < 4.78 is 58.3. The van der Waals surface area contributed by atoms with Crippen LogP contribution in [0.15, 0.2) is 61.1 Å². The molecule has 1 aliphatic carbocycles. The molecule has 0 unspecified atom stereocenters. The van der Waals surface area contributed by atoms with Crippen LogP contribution in [0.1, 0.15) is 66.2 Å². The molecule has 0 radical (unpaired) electrons. The molecule has 15 nitrogen and oxygen atoms in total. The number of hydrogen-bond donors (Lipinski definition) is 1. The molecule has 5 aliphatic rings. The Kier molecular flexibility index (Phi) is 16.2. The van der Waals surface area contributed by atoms with E-state index in [9.17, 15) is 14.3 Å². The minimum atomic E-state index is -1.46. The first-order valence-corrected chi connectivity index (χ1v) is 26.5. The Bertz CT molecular complexity index is 2880. The van der Waals surface area contributed by atoms with Crippen molar-refractivity contribution in [3.63, 3.8) is 0 Å². The van der Waals surface area contributed by atoms with Crippen molar-refractivity contribution < 1.29 is 47.4 Å². The van der Waals surface area contributed by atoms with Crippen LogP contribution in [0.25, 0.3) is 31.8 Å². The number of hydrogen-bond acceptors (Lipinski definition) is 15. The van der Waals surface area contributed by atoms with Crippen molar-refractivity contribution in [2.45, 2.75) is 89.3 Å². The molecular formula is C54H59Cl2FN6O9S. The van der Waals surface area contributed by atoms with Gasteiger partial charge in [0.05, 0.1) is 60.3 Å². The number of piperazine rings is 1. The first-order valence-electron chi connectivity index (χ1n) is 25.0. The van der Waals surface area contributed by atoms with E-state index < -0.39 is 17.9 Å². The van der Waals surface area contributed by atoms with Gasteiger partial charge >= 0.3 is 5.97 Å². The summed E-state index contributed by atoms with van der Waals surface area (Å²) >= 11 is 16.1. The predicted molar refractivity (Wildman–Crippen MR) is 276 cm³/mol. The standard InChI is InChI=1S/C54H59Cl2FN6O9S/c1-31-44-32(2)48(56)49(47(31)55)71-40(26-63-19-17-62(3)18-20-63)15-21-67-39-12-13-42(70-27-37-14-16-58-51(61-37)34-6-10-38(11-7-34)69-29-41-28-66-22-23-68-41)35(24-39)25-43(54(64)65)72-52-46-45(44)50(73-53(46)60-30-59-52)33-4-8-36(57)9-5-33/h4-5,8-9,12-14,16,24,30,34,38,40-41,43H,6-7,10-11,15,17-23,25-29H2,1-3H3,(H,64,65)/t34-,38-,40-,41+,43+/m0/s1. The zero-order valence-electron chi connectivity index (χ0n) is 41.1. The molecule has 6 aromatic rings. The molecule has 4 aliphatic heterocycles. The number of carboxylic acids is 1. The average molecular weight is 1060 g/mol. The van der Waals surface area contributed by atoms with Crippen LogP contribution in [0.3, 0.4) is 0 Å². The number of carbonyl (C=O) groups is 1. The zero-order valence-corrected chi connectivity index (χ0v) is 43.4. The van der Waals surface area contributed by atoms with Crippen molar-refractivity contribution in [3.05, 3.63) is 105 Å². The molecular weight excluding hydrogens is 999 g/mol. The van der Waals surface area contributed by atoms with E-state index in [-0.39, 0.29) is 49.7 Å². The fourth-order valence-electron chi connectivity index (χ4n) is 10.1. The van der Waals surface area contributed by atoms with Crippen LogP contribution < -0.4 is 18.9 Å². The number of likely N-dealkylation sites (N-methyl/N-ethyl adjacent to an activating group) is 1. The van der Waals surface area contributed by atoms with Crippen molar-refractivity contribution in [2.24, 2.45) is 0 Å². The minimum absolute atomic E-state index is 0.0247. The van der Waals surface area contributed by atoms with Crippen molar-refractivity contribution >= 4 is 50.7 Å². The van der Waals surface area contributed by atoms with Crippen LogP contribution in [0.4, 0.5) is 4.39 Å². The molecule has 19 heteroatoms. The van der Waals surface area contributed by atoms with Crippen LogP contribution in [0.2, 0.25) is 10.0 Å². The third kappa shape index (κ3) is 11.8. The zero-order chi connectivity index (χ0) is 50.6. The van der Waals surface area contributed by atoms with Gasteiger partial charge in [-0.15, -0.1) is 11.3 Å². The molecule has 3 fully saturated rings. The Balaban J connectivity index is 0.977. The maximum absolute atomic E-state index is 14.4. The highest BCUT2D eigenvalue weighted by Gasteiger charge is 2.33. The maximum atomic E-state index is 14.4. The van der Waals surface area contributed by atoms with Gasteiger partial charge in [0.15, 0.2) is 5.75 Å². The number of aliphatic carboxylic acids is 1. The number of nitrogens with zero attached hydrogens (tertiary/aromatic N) is 6. The van der Waals surface area contributed by atoms with Gasteiger partial charge in [-0.1, -0.05) is 35.3 Å². The normalized spacial score (nSPS) is 22.2. The fraction of sp³-hybridized carbons (Fsp3) is 0.463. The van der Waals surface area contributed by atoms with E-state index in [0.29, 0.717) is 121 Å². The number of benzene rings is 3. The number of halogens is 3. The molecule has 73 heavy (non-hydrogen) atoms. The van der Waals surface area contributed by atoms with Crippen molar-refractivity contribution in [3.8, 4) is 44.7 Å². The van der Waals surface area contributed by atoms with Crippen LogP contribution in [0.5, 0.6) is 23.1 Å². The number of rotatable bonds is 11. The number of carboxylic acid groups (broad SMARTS) is 1. The van der Waals surface area contributed by atoms with Gasteiger partial charge in [0.25, 0.3) is 0 Å². The van der Waals surface area contributed by atoms with Gasteiger partial charge in [0.2, 0.25) is 12.0 Å². The summed E-state index contributed by atoms with van der Waals surface area (Å²) in [6, 6.07) is 13.4. The second kappa shape index (κ2) is 23.1. The van der Waals surface area contributed by atoms with Crippen molar-refractivity contribution in [1.29, 1.82) is 0 Å². The number of ether oxygens (including phenoxy) is 7. The van der Waals surface area contributed by atoms with Crippen molar-refractivity contribution in [1.82, 2.24) is 29.7 Å². The summed E-state index contributed by atoms with van der Waals surface area (Å²) in [5.41, 5.74) is 4.56. The Hall–Kier alpha value is -5.24. The van der Waals surface area contributed by atoms with E-state index in [0.717, 1.165) is 57.7 Å². The van der Waals surface area contributed by atoms with E-state index in [1.807, 2.05) is 26.0 Å². The third-order valence-corrected chi connectivity index (χ3v) is 16.2. The molecule has 4 bridgehead atoms. The Labute approximate surface area is 437 Å². The van der Waals surface area contributed by atoms with Gasteiger partial charge in [0, 0.05) is 73.7 Å². The molecule has 1 N–H and O–H groups in total. The largest absolute Gasteiger partial charge is 0.493 e. The second-order valence-electron chi connectivity index (χ2n) is 19.2. The minimum Gasteiger partial charge on any atom is -0.493 e. The van der Waals surface area contributed by atoms with Gasteiger partial charge in [-0.05, 0) is 105 Å². The topological polar surface area (TPSA) is 160 Å². The SMILES string of the molecule is Cc1c(Cl)c2c(Cl)c(C)c1-c1c(-c3ccc(F)cc3)sc3ncnc(c13)O[C@@H](C(=O)O)Cc1cc(ccc1OCc1ccnc([C@H]3CC[C@H](OC[C@H]4COCCO4)CC3)n1)OCC[C@@H](CN1CCN(C)CC1)O2. The molecule has 7 heterocycles. The summed E-state index contributed by atoms with van der Waals surface area (Å²) in [6.07, 6.45) is 5.35. The second-order valence-corrected chi connectivity index (χ2v) is 21.0. The van der Waals surface area contributed by atoms with Crippen LogP contribution in [0, 0.1) is 19.7 Å². The highest BCUT2D eigenvalue weighted by molar-refractivity contribution is 7.22. The highest BCUT2D eigenvalue weighted by atomic mass is 35.5. The summed E-state index contributed by atoms with van der Waals surface area (Å²) in [6.45, 7) is 10.7.